The summed E-state index contributed by atoms with van der Waals surface area (Å²) in [6.45, 7) is 0. The molecular formula is C13H12N2OS. The molecule has 3 nitrogen and oxygen atoms in total. The van der Waals surface area contributed by atoms with Gasteiger partial charge in [-0.15, -0.1) is 11.3 Å². The van der Waals surface area contributed by atoms with E-state index in [-0.39, 0.29) is 6.04 Å². The lowest BCUT2D eigenvalue weighted by Gasteiger charge is -2.09. The Labute approximate surface area is 103 Å². The molecule has 0 saturated heterocycles. The number of nitrogens with zero attached hydrogens (tertiary/aromatic N) is 1. The number of fused-ring (bicyclic) bond motifs is 1. The van der Waals surface area contributed by atoms with Gasteiger partial charge in [-0.05, 0) is 19.2 Å². The van der Waals surface area contributed by atoms with Crippen molar-refractivity contribution in [1.29, 1.82) is 0 Å². The first-order valence-corrected chi connectivity index (χ1v) is 6.36. The maximum Gasteiger partial charge on any atom is 0.134 e. The lowest BCUT2D eigenvalue weighted by atomic mass is 10.1. The number of hydrogen-bond donors (Lipinski definition) is 1. The van der Waals surface area contributed by atoms with Gasteiger partial charge in [0.2, 0.25) is 0 Å². The highest BCUT2D eigenvalue weighted by Gasteiger charge is 2.18. The fraction of sp³-hybridized carbons (Fsp3) is 0.154. The fourth-order valence-corrected chi connectivity index (χ4v) is 2.52. The molecule has 1 N–H and O–H groups in total. The smallest absolute Gasteiger partial charge is 0.134 e. The predicted octanol–water partition coefficient (Wildman–Crippen LogP) is 3.20. The third-order valence-corrected chi connectivity index (χ3v) is 3.37. The second-order valence-corrected chi connectivity index (χ2v) is 4.54. The van der Waals surface area contributed by atoms with E-state index in [0.29, 0.717) is 0 Å². The maximum absolute atomic E-state index is 5.85. The Hall–Kier alpha value is -1.65. The van der Waals surface area contributed by atoms with Gasteiger partial charge in [0, 0.05) is 10.8 Å². The zero-order chi connectivity index (χ0) is 11.7. The topological polar surface area (TPSA) is 38.1 Å². The number of para-hydroxylation sites is 1. The standard InChI is InChI=1S/C13H12N2OS/c1-14-13(10-7-17-8-15-10)12-6-9-4-2-3-5-11(9)16-12/h2-8,13-14H,1H3. The SMILES string of the molecule is CNC(c1cscn1)c1cc2ccccc2o1. The number of aromatic nitrogens is 1. The lowest BCUT2D eigenvalue weighted by molar-refractivity contribution is 0.487. The van der Waals surface area contributed by atoms with Crippen LogP contribution in [0.5, 0.6) is 0 Å². The van der Waals surface area contributed by atoms with Crippen molar-refractivity contribution < 1.29 is 4.42 Å². The monoisotopic (exact) mass is 244 g/mol. The van der Waals surface area contributed by atoms with Crippen molar-refractivity contribution in [3.05, 3.63) is 52.7 Å². The largest absolute Gasteiger partial charge is 0.459 e. The number of hydrogen-bond acceptors (Lipinski definition) is 4. The minimum Gasteiger partial charge on any atom is -0.459 e. The van der Waals surface area contributed by atoms with Gasteiger partial charge in [-0.1, -0.05) is 18.2 Å². The van der Waals surface area contributed by atoms with Crippen LogP contribution in [0.15, 0.2) is 45.6 Å². The maximum atomic E-state index is 5.85. The van der Waals surface area contributed by atoms with Crippen LogP contribution in [0.3, 0.4) is 0 Å². The zero-order valence-electron chi connectivity index (χ0n) is 9.38. The van der Waals surface area contributed by atoms with E-state index in [4.69, 9.17) is 4.42 Å². The number of rotatable bonds is 3. The van der Waals surface area contributed by atoms with E-state index in [0.717, 1.165) is 22.4 Å². The van der Waals surface area contributed by atoms with Crippen LogP contribution in [0, 0.1) is 0 Å². The molecular weight excluding hydrogens is 232 g/mol. The number of nitrogens with one attached hydrogen (secondary N) is 1. The molecule has 86 valence electrons. The van der Waals surface area contributed by atoms with Crippen molar-refractivity contribution in [2.45, 2.75) is 6.04 Å². The van der Waals surface area contributed by atoms with Crippen molar-refractivity contribution in [3.8, 4) is 0 Å². The predicted molar refractivity (Wildman–Crippen MR) is 69.2 cm³/mol. The van der Waals surface area contributed by atoms with E-state index in [1.807, 2.05) is 36.1 Å². The summed E-state index contributed by atoms with van der Waals surface area (Å²) in [5, 5.41) is 6.39. The van der Waals surface area contributed by atoms with E-state index in [2.05, 4.69) is 22.4 Å². The van der Waals surface area contributed by atoms with E-state index in [1.165, 1.54) is 0 Å². The Balaban J connectivity index is 2.07. The Morgan fingerprint density at radius 3 is 2.94 bits per heavy atom. The highest BCUT2D eigenvalue weighted by atomic mass is 32.1. The zero-order valence-corrected chi connectivity index (χ0v) is 10.2. The molecule has 0 amide bonds. The Bertz CT molecular complexity index is 582. The minimum absolute atomic E-state index is 0.0219. The van der Waals surface area contributed by atoms with Gasteiger partial charge in [-0.2, -0.15) is 0 Å². The molecule has 4 heteroatoms. The molecule has 2 aromatic heterocycles. The molecule has 0 saturated carbocycles. The van der Waals surface area contributed by atoms with Crippen LogP contribution in [-0.2, 0) is 0 Å². The first kappa shape index (κ1) is 10.5. The van der Waals surface area contributed by atoms with Crippen molar-refractivity contribution in [2.75, 3.05) is 7.05 Å². The van der Waals surface area contributed by atoms with Crippen LogP contribution >= 0.6 is 11.3 Å². The number of thiazole rings is 1. The van der Waals surface area contributed by atoms with Gasteiger partial charge in [0.05, 0.1) is 11.2 Å². The van der Waals surface area contributed by atoms with Gasteiger partial charge in [-0.25, -0.2) is 4.98 Å². The average molecular weight is 244 g/mol. The summed E-state index contributed by atoms with van der Waals surface area (Å²) >= 11 is 1.59. The molecule has 1 unspecified atom stereocenters. The molecule has 0 aliphatic carbocycles. The first-order chi connectivity index (χ1) is 8.38. The third kappa shape index (κ3) is 1.85. The van der Waals surface area contributed by atoms with Gasteiger partial charge in [0.15, 0.2) is 0 Å². The molecule has 3 aromatic rings. The summed E-state index contributed by atoms with van der Waals surface area (Å²) in [6.07, 6.45) is 0. The van der Waals surface area contributed by atoms with Gasteiger partial charge in [0.25, 0.3) is 0 Å². The van der Waals surface area contributed by atoms with Gasteiger partial charge >= 0.3 is 0 Å². The van der Waals surface area contributed by atoms with Crippen LogP contribution in [-0.4, -0.2) is 12.0 Å². The summed E-state index contributed by atoms with van der Waals surface area (Å²) in [6, 6.07) is 10.1. The first-order valence-electron chi connectivity index (χ1n) is 5.42. The number of furan rings is 1. The van der Waals surface area contributed by atoms with Gasteiger partial charge in [0.1, 0.15) is 17.4 Å². The van der Waals surface area contributed by atoms with E-state index in [1.54, 1.807) is 11.3 Å². The van der Waals surface area contributed by atoms with Crippen molar-refractivity contribution in [2.24, 2.45) is 0 Å². The van der Waals surface area contributed by atoms with Crippen molar-refractivity contribution >= 4 is 22.3 Å². The molecule has 2 heterocycles. The lowest BCUT2D eigenvalue weighted by Crippen LogP contribution is -2.17. The highest BCUT2D eigenvalue weighted by molar-refractivity contribution is 7.07. The van der Waals surface area contributed by atoms with Crippen LogP contribution in [0.25, 0.3) is 11.0 Å². The molecule has 0 fully saturated rings. The normalized spacial score (nSPS) is 13.0. The quantitative estimate of drug-likeness (QED) is 0.769. The second-order valence-electron chi connectivity index (χ2n) is 3.82. The van der Waals surface area contributed by atoms with Gasteiger partial charge in [-0.3, -0.25) is 0 Å². The summed E-state index contributed by atoms with van der Waals surface area (Å²) in [5.74, 6) is 0.902. The molecule has 0 aliphatic heterocycles. The summed E-state index contributed by atoms with van der Waals surface area (Å²) in [5.41, 5.74) is 3.75. The number of benzene rings is 1. The second kappa shape index (κ2) is 4.31. The summed E-state index contributed by atoms with van der Waals surface area (Å²) in [4.78, 5) is 4.33. The third-order valence-electron chi connectivity index (χ3n) is 2.76. The van der Waals surface area contributed by atoms with Crippen LogP contribution in [0.2, 0.25) is 0 Å². The molecule has 17 heavy (non-hydrogen) atoms. The minimum atomic E-state index is 0.0219. The van der Waals surface area contributed by atoms with E-state index < -0.39 is 0 Å². The summed E-state index contributed by atoms with van der Waals surface area (Å²) < 4.78 is 5.85. The van der Waals surface area contributed by atoms with E-state index in [9.17, 15) is 0 Å². The van der Waals surface area contributed by atoms with Crippen LogP contribution < -0.4 is 5.32 Å². The molecule has 3 rings (SSSR count). The average Bonchev–Trinajstić information content (AvgIpc) is 2.98. The Kier molecular flexibility index (Phi) is 2.66. The Morgan fingerprint density at radius 1 is 1.35 bits per heavy atom. The molecule has 0 spiro atoms. The van der Waals surface area contributed by atoms with Crippen molar-refractivity contribution in [3.63, 3.8) is 0 Å². The van der Waals surface area contributed by atoms with Crippen molar-refractivity contribution in [1.82, 2.24) is 10.3 Å². The van der Waals surface area contributed by atoms with Crippen LogP contribution in [0.4, 0.5) is 0 Å². The molecule has 1 aromatic carbocycles. The molecule has 0 radical (unpaired) electrons. The van der Waals surface area contributed by atoms with Gasteiger partial charge < -0.3 is 9.73 Å². The summed E-state index contributed by atoms with van der Waals surface area (Å²) in [7, 11) is 1.91. The Morgan fingerprint density at radius 2 is 2.24 bits per heavy atom. The molecule has 0 bridgehead atoms. The molecule has 1 atom stereocenters. The highest BCUT2D eigenvalue weighted by Crippen LogP contribution is 2.27. The molecule has 0 aliphatic rings. The van der Waals surface area contributed by atoms with E-state index >= 15 is 0 Å². The fourth-order valence-electron chi connectivity index (χ4n) is 1.95. The van der Waals surface area contributed by atoms with Crippen LogP contribution in [0.1, 0.15) is 17.5 Å².